The molecule has 0 aliphatic heterocycles. The van der Waals surface area contributed by atoms with E-state index in [1.165, 1.54) is 12.8 Å². The van der Waals surface area contributed by atoms with Crippen LogP contribution in [0.15, 0.2) is 11.6 Å². The van der Waals surface area contributed by atoms with Crippen LogP contribution in [-0.2, 0) is 0 Å². The van der Waals surface area contributed by atoms with Gasteiger partial charge in [0, 0.05) is 24.7 Å². The van der Waals surface area contributed by atoms with Gasteiger partial charge in [-0.3, -0.25) is 0 Å². The van der Waals surface area contributed by atoms with Gasteiger partial charge in [-0.25, -0.2) is 9.78 Å². The number of urea groups is 1. The fraction of sp³-hybridized carbons (Fsp3) is 0.667. The summed E-state index contributed by atoms with van der Waals surface area (Å²) in [6.07, 6.45) is 6.52. The average molecular weight is 251 g/mol. The number of nitrogens with zero attached hydrogens (tertiary/aromatic N) is 2. The van der Waals surface area contributed by atoms with E-state index in [2.05, 4.69) is 10.3 Å². The van der Waals surface area contributed by atoms with Crippen molar-refractivity contribution in [3.63, 3.8) is 0 Å². The summed E-state index contributed by atoms with van der Waals surface area (Å²) in [5, 5.41) is 6.16. The molecule has 3 rings (SSSR count). The van der Waals surface area contributed by atoms with Gasteiger partial charge in [0.1, 0.15) is 5.01 Å². The highest BCUT2D eigenvalue weighted by molar-refractivity contribution is 7.09. The Kier molecular flexibility index (Phi) is 2.78. The minimum atomic E-state index is 0.0552. The van der Waals surface area contributed by atoms with Crippen molar-refractivity contribution >= 4 is 17.4 Å². The third kappa shape index (κ3) is 2.44. The van der Waals surface area contributed by atoms with Crippen LogP contribution in [0.25, 0.3) is 0 Å². The van der Waals surface area contributed by atoms with E-state index in [4.69, 9.17) is 0 Å². The minimum Gasteiger partial charge on any atom is -0.328 e. The molecule has 0 radical (unpaired) electrons. The molecule has 0 aromatic carbocycles. The van der Waals surface area contributed by atoms with Gasteiger partial charge in [-0.05, 0) is 31.6 Å². The summed E-state index contributed by atoms with van der Waals surface area (Å²) in [5.74, 6) is 0.595. The maximum atomic E-state index is 12.1. The van der Waals surface area contributed by atoms with Crippen LogP contribution in [0.1, 0.15) is 36.7 Å². The Morgan fingerprint density at radius 3 is 2.82 bits per heavy atom. The normalized spacial score (nSPS) is 21.0. The Balaban J connectivity index is 1.66. The highest BCUT2D eigenvalue weighted by Gasteiger charge is 2.37. The number of nitrogens with one attached hydrogen (secondary N) is 1. The smallest absolute Gasteiger partial charge is 0.317 e. The first kappa shape index (κ1) is 11.0. The van der Waals surface area contributed by atoms with E-state index in [0.717, 1.165) is 17.8 Å². The second-order valence-corrected chi connectivity index (χ2v) is 5.90. The number of aromatic nitrogens is 1. The third-order valence-corrected chi connectivity index (χ3v) is 4.36. The summed E-state index contributed by atoms with van der Waals surface area (Å²) in [6.45, 7) is 0. The lowest BCUT2D eigenvalue weighted by molar-refractivity contribution is 0.201. The Hall–Kier alpha value is -1.10. The summed E-state index contributed by atoms with van der Waals surface area (Å²) >= 11 is 1.63. The van der Waals surface area contributed by atoms with Gasteiger partial charge in [-0.2, -0.15) is 0 Å². The SMILES string of the molecule is CN(C(=O)N[C@H](c1nccs1)C1CC1)C1CC1. The zero-order valence-electron chi connectivity index (χ0n) is 9.93. The van der Waals surface area contributed by atoms with E-state index >= 15 is 0 Å². The zero-order chi connectivity index (χ0) is 11.8. The van der Waals surface area contributed by atoms with Crippen molar-refractivity contribution in [3.8, 4) is 0 Å². The predicted molar refractivity (Wildman–Crippen MR) is 66.9 cm³/mol. The number of carbonyl (C=O) groups excluding carboxylic acids is 1. The maximum Gasteiger partial charge on any atom is 0.317 e. The Morgan fingerprint density at radius 2 is 2.29 bits per heavy atom. The van der Waals surface area contributed by atoms with Gasteiger partial charge in [-0.15, -0.1) is 11.3 Å². The lowest BCUT2D eigenvalue weighted by atomic mass is 10.2. The third-order valence-electron chi connectivity index (χ3n) is 3.50. The first-order valence-corrected chi connectivity index (χ1v) is 7.06. The Morgan fingerprint density at radius 1 is 1.53 bits per heavy atom. The highest BCUT2D eigenvalue weighted by atomic mass is 32.1. The van der Waals surface area contributed by atoms with E-state index in [9.17, 15) is 4.79 Å². The van der Waals surface area contributed by atoms with Crippen molar-refractivity contribution in [1.29, 1.82) is 0 Å². The number of amides is 2. The first-order valence-electron chi connectivity index (χ1n) is 6.18. The van der Waals surface area contributed by atoms with Crippen LogP contribution in [0.5, 0.6) is 0 Å². The molecule has 5 heteroatoms. The minimum absolute atomic E-state index is 0.0552. The monoisotopic (exact) mass is 251 g/mol. The number of hydrogen-bond acceptors (Lipinski definition) is 3. The molecule has 92 valence electrons. The first-order chi connectivity index (χ1) is 8.25. The summed E-state index contributed by atoms with van der Waals surface area (Å²) < 4.78 is 0. The molecule has 1 heterocycles. The molecule has 2 fully saturated rings. The van der Waals surface area contributed by atoms with Gasteiger partial charge in [0.25, 0.3) is 0 Å². The van der Waals surface area contributed by atoms with E-state index in [1.807, 2.05) is 23.5 Å². The average Bonchev–Trinajstić information content (AvgIpc) is 3.23. The zero-order valence-corrected chi connectivity index (χ0v) is 10.7. The van der Waals surface area contributed by atoms with Crippen molar-refractivity contribution in [1.82, 2.24) is 15.2 Å². The quantitative estimate of drug-likeness (QED) is 0.893. The topological polar surface area (TPSA) is 45.2 Å². The van der Waals surface area contributed by atoms with Gasteiger partial charge in [0.05, 0.1) is 6.04 Å². The van der Waals surface area contributed by atoms with E-state index in [1.54, 1.807) is 11.3 Å². The van der Waals surface area contributed by atoms with Crippen LogP contribution in [0.3, 0.4) is 0 Å². The van der Waals surface area contributed by atoms with Gasteiger partial charge in [-0.1, -0.05) is 0 Å². The van der Waals surface area contributed by atoms with Crippen molar-refractivity contribution in [3.05, 3.63) is 16.6 Å². The van der Waals surface area contributed by atoms with Gasteiger partial charge in [0.2, 0.25) is 0 Å². The number of thiazole rings is 1. The molecule has 0 spiro atoms. The van der Waals surface area contributed by atoms with Crippen LogP contribution in [-0.4, -0.2) is 29.0 Å². The fourth-order valence-corrected chi connectivity index (χ4v) is 2.84. The van der Waals surface area contributed by atoms with Crippen molar-refractivity contribution in [2.45, 2.75) is 37.8 Å². The molecule has 1 atom stereocenters. The standard InChI is InChI=1S/C12H17N3OS/c1-15(9-4-5-9)12(16)14-10(8-2-3-8)11-13-6-7-17-11/h6-10H,2-5H2,1H3,(H,14,16)/t10-/m0/s1. The van der Waals surface area contributed by atoms with E-state index in [-0.39, 0.29) is 12.1 Å². The largest absolute Gasteiger partial charge is 0.328 e. The molecule has 17 heavy (non-hydrogen) atoms. The number of hydrogen-bond donors (Lipinski definition) is 1. The summed E-state index contributed by atoms with van der Waals surface area (Å²) in [7, 11) is 1.89. The summed E-state index contributed by atoms with van der Waals surface area (Å²) in [5.41, 5.74) is 0. The lowest BCUT2D eigenvalue weighted by Gasteiger charge is -2.22. The molecule has 0 unspecified atom stereocenters. The van der Waals surface area contributed by atoms with Gasteiger partial charge >= 0.3 is 6.03 Å². The van der Waals surface area contributed by atoms with Crippen molar-refractivity contribution < 1.29 is 4.79 Å². The predicted octanol–water partition coefficient (Wildman–Crippen LogP) is 2.40. The molecule has 2 amide bonds. The van der Waals surface area contributed by atoms with Crippen LogP contribution < -0.4 is 5.32 Å². The summed E-state index contributed by atoms with van der Waals surface area (Å²) in [4.78, 5) is 18.2. The molecule has 0 saturated heterocycles. The summed E-state index contributed by atoms with van der Waals surface area (Å²) in [6, 6.07) is 0.648. The Labute approximate surface area is 105 Å². The van der Waals surface area contributed by atoms with E-state index in [0.29, 0.717) is 12.0 Å². The molecule has 0 bridgehead atoms. The molecule has 2 saturated carbocycles. The maximum absolute atomic E-state index is 12.1. The molecule has 4 nitrogen and oxygen atoms in total. The van der Waals surface area contributed by atoms with Crippen molar-refractivity contribution in [2.75, 3.05) is 7.05 Å². The molecular weight excluding hydrogens is 234 g/mol. The second kappa shape index (κ2) is 4.29. The molecule has 2 aliphatic rings. The lowest BCUT2D eigenvalue weighted by Crippen LogP contribution is -2.41. The van der Waals surface area contributed by atoms with Gasteiger partial charge in [0.15, 0.2) is 0 Å². The molecule has 1 aromatic heterocycles. The highest BCUT2D eigenvalue weighted by Crippen LogP contribution is 2.41. The van der Waals surface area contributed by atoms with Gasteiger partial charge < -0.3 is 10.2 Å². The van der Waals surface area contributed by atoms with Crippen LogP contribution in [0, 0.1) is 5.92 Å². The molecule has 1 aromatic rings. The number of carbonyl (C=O) groups is 1. The van der Waals surface area contributed by atoms with Crippen LogP contribution >= 0.6 is 11.3 Å². The molecule has 1 N–H and O–H groups in total. The van der Waals surface area contributed by atoms with E-state index < -0.39 is 0 Å². The van der Waals surface area contributed by atoms with Crippen LogP contribution in [0.2, 0.25) is 0 Å². The molecule has 2 aliphatic carbocycles. The number of rotatable bonds is 4. The second-order valence-electron chi connectivity index (χ2n) is 4.98. The van der Waals surface area contributed by atoms with Crippen LogP contribution in [0.4, 0.5) is 4.79 Å². The Bertz CT molecular complexity index is 398. The van der Waals surface area contributed by atoms with Crippen molar-refractivity contribution in [2.24, 2.45) is 5.92 Å². The fourth-order valence-electron chi connectivity index (χ4n) is 2.06. The molecular formula is C12H17N3OS.